The number of methoxy groups -OCH3 is 1. The molecular formula is C12H20F3NO. The van der Waals surface area contributed by atoms with E-state index in [0.717, 1.165) is 6.07 Å². The third-order valence-electron chi connectivity index (χ3n) is 1.53. The molecule has 0 saturated carbocycles. The summed E-state index contributed by atoms with van der Waals surface area (Å²) in [5, 5.41) is 0. The summed E-state index contributed by atoms with van der Waals surface area (Å²) in [5.74, 6) is 0.00910. The summed E-state index contributed by atoms with van der Waals surface area (Å²) in [6.07, 6.45) is -4.42. The van der Waals surface area contributed by atoms with Gasteiger partial charge in [-0.3, -0.25) is 0 Å². The zero-order chi connectivity index (χ0) is 14.1. The number of hydrogen-bond donors (Lipinski definition) is 0. The normalized spacial score (nSPS) is 9.47. The predicted molar refractivity (Wildman–Crippen MR) is 63.2 cm³/mol. The van der Waals surface area contributed by atoms with Crippen molar-refractivity contribution in [3.8, 4) is 5.88 Å². The number of halogens is 3. The molecule has 1 aromatic heterocycles. The molecule has 100 valence electrons. The molecule has 1 aromatic rings. The second-order valence-electron chi connectivity index (χ2n) is 2.52. The molecule has 0 saturated heterocycles. The van der Waals surface area contributed by atoms with Crippen LogP contribution >= 0.6 is 0 Å². The molecule has 1 heterocycles. The third-order valence-corrected chi connectivity index (χ3v) is 1.53. The first-order chi connectivity index (χ1) is 7.95. The van der Waals surface area contributed by atoms with Crippen LogP contribution in [0.3, 0.4) is 0 Å². The van der Waals surface area contributed by atoms with Crippen molar-refractivity contribution in [1.29, 1.82) is 0 Å². The molecule has 0 aliphatic rings. The van der Waals surface area contributed by atoms with Gasteiger partial charge < -0.3 is 4.74 Å². The molecule has 1 rings (SSSR count). The minimum atomic E-state index is -4.42. The van der Waals surface area contributed by atoms with Gasteiger partial charge in [0, 0.05) is 5.56 Å². The van der Waals surface area contributed by atoms with Gasteiger partial charge in [-0.25, -0.2) is 4.98 Å². The van der Waals surface area contributed by atoms with Crippen LogP contribution in [0.4, 0.5) is 13.2 Å². The van der Waals surface area contributed by atoms with Crippen LogP contribution in [-0.4, -0.2) is 12.1 Å². The Bertz CT molecular complexity index is 311. The highest BCUT2D eigenvalue weighted by atomic mass is 19.4. The highest BCUT2D eigenvalue weighted by Crippen LogP contribution is 2.29. The van der Waals surface area contributed by atoms with E-state index >= 15 is 0 Å². The number of rotatable bonds is 1. The molecule has 0 radical (unpaired) electrons. The summed E-state index contributed by atoms with van der Waals surface area (Å²) in [6, 6.07) is 2.26. The second kappa shape index (κ2) is 8.84. The quantitative estimate of drug-likeness (QED) is 0.734. The lowest BCUT2D eigenvalue weighted by Crippen LogP contribution is -2.08. The van der Waals surface area contributed by atoms with E-state index in [-0.39, 0.29) is 5.88 Å². The van der Waals surface area contributed by atoms with E-state index in [1.54, 1.807) is 6.92 Å². The van der Waals surface area contributed by atoms with Gasteiger partial charge in [-0.2, -0.15) is 13.2 Å². The van der Waals surface area contributed by atoms with Crippen molar-refractivity contribution in [2.24, 2.45) is 0 Å². The Labute approximate surface area is 101 Å². The fraction of sp³-hybridized carbons (Fsp3) is 0.583. The molecule has 0 unspecified atom stereocenters. The number of aromatic nitrogens is 1. The van der Waals surface area contributed by atoms with E-state index in [2.05, 4.69) is 9.72 Å². The Morgan fingerprint density at radius 3 is 1.88 bits per heavy atom. The average molecular weight is 251 g/mol. The van der Waals surface area contributed by atoms with Gasteiger partial charge in [0.25, 0.3) is 0 Å². The fourth-order valence-corrected chi connectivity index (χ4v) is 0.875. The lowest BCUT2D eigenvalue weighted by atomic mass is 10.2. The van der Waals surface area contributed by atoms with Crippen LogP contribution in [0.2, 0.25) is 0 Å². The first-order valence-electron chi connectivity index (χ1n) is 5.54. The molecule has 0 aliphatic heterocycles. The number of aryl methyl sites for hydroxylation is 1. The number of pyridine rings is 1. The van der Waals surface area contributed by atoms with Crippen molar-refractivity contribution >= 4 is 0 Å². The standard InChI is InChI=1S/C8H8F3NO.2C2H6/c1-5-3-4-6(8(9,10)11)12-7(5)13-2;2*1-2/h3-4H,1-2H3;2*1-2H3. The SMILES string of the molecule is CC.CC.COc1nc(C(F)(F)F)ccc1C. The van der Waals surface area contributed by atoms with Crippen molar-refractivity contribution in [3.63, 3.8) is 0 Å². The molecule has 5 heteroatoms. The van der Waals surface area contributed by atoms with Gasteiger partial charge in [0.15, 0.2) is 0 Å². The maximum Gasteiger partial charge on any atom is 0.433 e. The van der Waals surface area contributed by atoms with Crippen LogP contribution in [-0.2, 0) is 6.18 Å². The summed E-state index contributed by atoms with van der Waals surface area (Å²) >= 11 is 0. The first-order valence-corrected chi connectivity index (χ1v) is 5.54. The Kier molecular flexibility index (Phi) is 9.42. The molecule has 0 amide bonds. The molecule has 0 spiro atoms. The summed E-state index contributed by atoms with van der Waals surface area (Å²) in [4.78, 5) is 3.31. The van der Waals surface area contributed by atoms with E-state index in [1.165, 1.54) is 13.2 Å². The van der Waals surface area contributed by atoms with Crippen LogP contribution in [0.15, 0.2) is 12.1 Å². The third kappa shape index (κ3) is 6.14. The lowest BCUT2D eigenvalue weighted by molar-refractivity contribution is -0.141. The van der Waals surface area contributed by atoms with Gasteiger partial charge in [0.2, 0.25) is 5.88 Å². The van der Waals surface area contributed by atoms with E-state index in [9.17, 15) is 13.2 Å². The van der Waals surface area contributed by atoms with Crippen LogP contribution in [0.1, 0.15) is 39.0 Å². The van der Waals surface area contributed by atoms with Crippen molar-refractivity contribution in [3.05, 3.63) is 23.4 Å². The number of ether oxygens (including phenoxy) is 1. The molecule has 2 nitrogen and oxygen atoms in total. The zero-order valence-corrected chi connectivity index (χ0v) is 11.1. The van der Waals surface area contributed by atoms with Crippen molar-refractivity contribution < 1.29 is 17.9 Å². The second-order valence-corrected chi connectivity index (χ2v) is 2.52. The predicted octanol–water partition coefficient (Wildman–Crippen LogP) is 4.47. The molecule has 0 aromatic carbocycles. The van der Waals surface area contributed by atoms with Crippen LogP contribution in [0.25, 0.3) is 0 Å². The number of alkyl halides is 3. The Morgan fingerprint density at radius 2 is 1.53 bits per heavy atom. The minimum Gasteiger partial charge on any atom is -0.481 e. The highest BCUT2D eigenvalue weighted by Gasteiger charge is 2.32. The smallest absolute Gasteiger partial charge is 0.433 e. The Balaban J connectivity index is 0. The van der Waals surface area contributed by atoms with Gasteiger partial charge >= 0.3 is 6.18 Å². The fourth-order valence-electron chi connectivity index (χ4n) is 0.875. The van der Waals surface area contributed by atoms with Gasteiger partial charge in [-0.05, 0) is 13.0 Å². The zero-order valence-electron chi connectivity index (χ0n) is 11.1. The monoisotopic (exact) mass is 251 g/mol. The van der Waals surface area contributed by atoms with Gasteiger partial charge in [0.05, 0.1) is 7.11 Å². The minimum absolute atomic E-state index is 0.00910. The summed E-state index contributed by atoms with van der Waals surface area (Å²) in [6.45, 7) is 9.63. The number of nitrogens with zero attached hydrogens (tertiary/aromatic N) is 1. The molecular weight excluding hydrogens is 231 g/mol. The van der Waals surface area contributed by atoms with Crippen LogP contribution < -0.4 is 4.74 Å². The van der Waals surface area contributed by atoms with Crippen molar-refractivity contribution in [2.75, 3.05) is 7.11 Å². The Morgan fingerprint density at radius 1 is 1.06 bits per heavy atom. The summed E-state index contributed by atoms with van der Waals surface area (Å²) < 4.78 is 41.0. The van der Waals surface area contributed by atoms with Gasteiger partial charge in [0.1, 0.15) is 5.69 Å². The molecule has 0 N–H and O–H groups in total. The summed E-state index contributed by atoms with van der Waals surface area (Å²) in [7, 11) is 1.29. The maximum atomic E-state index is 12.1. The largest absolute Gasteiger partial charge is 0.481 e. The van der Waals surface area contributed by atoms with E-state index < -0.39 is 11.9 Å². The highest BCUT2D eigenvalue weighted by molar-refractivity contribution is 5.27. The maximum absolute atomic E-state index is 12.1. The van der Waals surface area contributed by atoms with Crippen LogP contribution in [0.5, 0.6) is 5.88 Å². The summed E-state index contributed by atoms with van der Waals surface area (Å²) in [5.41, 5.74) is -0.356. The van der Waals surface area contributed by atoms with E-state index in [1.807, 2.05) is 27.7 Å². The van der Waals surface area contributed by atoms with Crippen molar-refractivity contribution in [1.82, 2.24) is 4.98 Å². The van der Waals surface area contributed by atoms with Crippen molar-refractivity contribution in [2.45, 2.75) is 40.8 Å². The average Bonchev–Trinajstić information content (AvgIpc) is 2.33. The van der Waals surface area contributed by atoms with E-state index in [0.29, 0.717) is 5.56 Å². The lowest BCUT2D eigenvalue weighted by Gasteiger charge is -2.08. The van der Waals surface area contributed by atoms with Gasteiger partial charge in [-0.15, -0.1) is 0 Å². The number of hydrogen-bond acceptors (Lipinski definition) is 2. The van der Waals surface area contributed by atoms with Crippen LogP contribution in [0, 0.1) is 6.92 Å². The molecule has 17 heavy (non-hydrogen) atoms. The molecule has 0 aliphatic carbocycles. The molecule has 0 fully saturated rings. The van der Waals surface area contributed by atoms with Gasteiger partial charge in [-0.1, -0.05) is 33.8 Å². The first kappa shape index (κ1) is 18.1. The topological polar surface area (TPSA) is 22.1 Å². The Hall–Kier alpha value is -1.26. The van der Waals surface area contributed by atoms with E-state index in [4.69, 9.17) is 0 Å². The molecule has 0 bridgehead atoms. The molecule has 0 atom stereocenters.